The first-order valence-electron chi connectivity index (χ1n) is 10.6. The summed E-state index contributed by atoms with van der Waals surface area (Å²) in [5.41, 5.74) is 2.44. The van der Waals surface area contributed by atoms with Crippen molar-refractivity contribution in [3.8, 4) is 5.75 Å². The van der Waals surface area contributed by atoms with E-state index in [0.717, 1.165) is 29.4 Å². The molecule has 1 N–H and O–H groups in total. The summed E-state index contributed by atoms with van der Waals surface area (Å²) in [7, 11) is 0. The average Bonchev–Trinajstić information content (AvgIpc) is 3.25. The Hall–Kier alpha value is -2.45. The third-order valence-corrected chi connectivity index (χ3v) is 6.52. The highest BCUT2D eigenvalue weighted by atomic mass is 35.5. The number of carbonyl (C=O) groups is 1. The van der Waals surface area contributed by atoms with Crippen LogP contribution in [0.2, 0.25) is 5.02 Å². The van der Waals surface area contributed by atoms with Gasteiger partial charge in [0.1, 0.15) is 12.4 Å². The number of rotatable bonds is 8. The molecule has 0 saturated carbocycles. The summed E-state index contributed by atoms with van der Waals surface area (Å²) in [6.07, 6.45) is 0. The van der Waals surface area contributed by atoms with Gasteiger partial charge < -0.3 is 14.8 Å². The fourth-order valence-corrected chi connectivity index (χ4v) is 4.58. The van der Waals surface area contributed by atoms with E-state index in [9.17, 15) is 4.79 Å². The summed E-state index contributed by atoms with van der Waals surface area (Å²) in [4.78, 5) is 19.6. The Balaban J connectivity index is 1.42. The van der Waals surface area contributed by atoms with Gasteiger partial charge in [-0.2, -0.15) is 0 Å². The molecule has 3 aromatic rings. The van der Waals surface area contributed by atoms with Crippen molar-refractivity contribution in [2.45, 2.75) is 19.6 Å². The van der Waals surface area contributed by atoms with Crippen molar-refractivity contribution in [1.82, 2.24) is 15.2 Å². The van der Waals surface area contributed by atoms with Gasteiger partial charge in [0.15, 0.2) is 0 Å². The Morgan fingerprint density at radius 1 is 1.25 bits per heavy atom. The van der Waals surface area contributed by atoms with Gasteiger partial charge in [0.05, 0.1) is 30.0 Å². The number of amides is 1. The van der Waals surface area contributed by atoms with E-state index in [2.05, 4.69) is 15.2 Å². The summed E-state index contributed by atoms with van der Waals surface area (Å²) in [6.45, 7) is 5.73. The number of nitrogens with one attached hydrogen (secondary N) is 1. The topological polar surface area (TPSA) is 63.7 Å². The molecule has 0 radical (unpaired) electrons. The van der Waals surface area contributed by atoms with Gasteiger partial charge in [0.25, 0.3) is 5.91 Å². The number of thiazole rings is 1. The van der Waals surface area contributed by atoms with Crippen molar-refractivity contribution < 1.29 is 14.3 Å². The van der Waals surface area contributed by atoms with Gasteiger partial charge in [0, 0.05) is 35.6 Å². The Morgan fingerprint density at radius 3 is 2.81 bits per heavy atom. The molecule has 6 nitrogen and oxygen atoms in total. The highest BCUT2D eigenvalue weighted by Crippen LogP contribution is 2.28. The SMILES string of the molecule is Cc1nc(COc2cccc(C(=O)NCC(c3ccccc3Cl)N3CCOCC3)c2)cs1. The largest absolute Gasteiger partial charge is 0.487 e. The molecule has 8 heteroatoms. The van der Waals surface area contributed by atoms with E-state index in [4.69, 9.17) is 21.1 Å². The number of hydrogen-bond acceptors (Lipinski definition) is 6. The summed E-state index contributed by atoms with van der Waals surface area (Å²) >= 11 is 8.08. The summed E-state index contributed by atoms with van der Waals surface area (Å²) in [5.74, 6) is 0.490. The maximum atomic E-state index is 12.9. The van der Waals surface area contributed by atoms with Gasteiger partial charge in [-0.15, -0.1) is 11.3 Å². The number of hydrogen-bond donors (Lipinski definition) is 1. The quantitative estimate of drug-likeness (QED) is 0.524. The number of morpholine rings is 1. The molecule has 0 bridgehead atoms. The van der Waals surface area contributed by atoms with Crippen LogP contribution in [-0.4, -0.2) is 48.6 Å². The van der Waals surface area contributed by atoms with Crippen molar-refractivity contribution in [3.05, 3.63) is 80.8 Å². The molecule has 168 valence electrons. The molecule has 2 aromatic carbocycles. The number of carbonyl (C=O) groups excluding carboxylic acids is 1. The Labute approximate surface area is 197 Å². The first-order chi connectivity index (χ1) is 15.6. The Bertz CT molecular complexity index is 1050. The molecule has 32 heavy (non-hydrogen) atoms. The van der Waals surface area contributed by atoms with Crippen LogP contribution in [0.15, 0.2) is 53.9 Å². The molecule has 1 fully saturated rings. The van der Waals surface area contributed by atoms with Gasteiger partial charge in [-0.1, -0.05) is 35.9 Å². The van der Waals surface area contributed by atoms with Crippen molar-refractivity contribution in [2.24, 2.45) is 0 Å². The van der Waals surface area contributed by atoms with Crippen LogP contribution in [0.4, 0.5) is 0 Å². The molecule has 1 aromatic heterocycles. The zero-order valence-corrected chi connectivity index (χ0v) is 19.5. The standard InChI is InChI=1S/C24H26ClN3O3S/c1-17-27-19(16-32-17)15-31-20-6-4-5-18(13-20)24(29)26-14-23(28-9-11-30-12-10-28)21-7-2-3-8-22(21)25/h2-8,13,16,23H,9-12,14-15H2,1H3,(H,26,29). The zero-order valence-electron chi connectivity index (χ0n) is 17.9. The van der Waals surface area contributed by atoms with Crippen LogP contribution in [0.25, 0.3) is 0 Å². The monoisotopic (exact) mass is 471 g/mol. The predicted octanol–water partition coefficient (Wildman–Crippen LogP) is 4.49. The molecular formula is C24H26ClN3O3S. The molecule has 1 amide bonds. The molecule has 4 rings (SSSR count). The fraction of sp³-hybridized carbons (Fsp3) is 0.333. The second kappa shape index (κ2) is 10.9. The average molecular weight is 472 g/mol. The van der Waals surface area contributed by atoms with Crippen LogP contribution in [0.1, 0.15) is 32.7 Å². The van der Waals surface area contributed by atoms with Crippen LogP contribution < -0.4 is 10.1 Å². The second-order valence-corrected chi connectivity index (χ2v) is 9.04. The second-order valence-electron chi connectivity index (χ2n) is 7.57. The van der Waals surface area contributed by atoms with Crippen molar-refractivity contribution in [2.75, 3.05) is 32.8 Å². The third kappa shape index (κ3) is 5.86. The molecular weight excluding hydrogens is 446 g/mol. The normalized spacial score (nSPS) is 15.3. The van der Waals surface area contributed by atoms with E-state index in [-0.39, 0.29) is 11.9 Å². The minimum atomic E-state index is -0.148. The van der Waals surface area contributed by atoms with Crippen molar-refractivity contribution >= 4 is 28.8 Å². The lowest BCUT2D eigenvalue weighted by Crippen LogP contribution is -2.44. The first kappa shape index (κ1) is 22.7. The molecule has 1 unspecified atom stereocenters. The minimum Gasteiger partial charge on any atom is -0.487 e. The van der Waals surface area contributed by atoms with Crippen LogP contribution in [-0.2, 0) is 11.3 Å². The molecule has 1 saturated heterocycles. The minimum absolute atomic E-state index is 0.0242. The van der Waals surface area contributed by atoms with Crippen LogP contribution >= 0.6 is 22.9 Å². The number of halogens is 1. The third-order valence-electron chi connectivity index (χ3n) is 5.36. The molecule has 1 atom stereocenters. The molecule has 2 heterocycles. The Morgan fingerprint density at radius 2 is 2.06 bits per heavy atom. The van der Waals surface area contributed by atoms with E-state index < -0.39 is 0 Å². The van der Waals surface area contributed by atoms with Gasteiger partial charge in [-0.05, 0) is 36.8 Å². The predicted molar refractivity (Wildman–Crippen MR) is 127 cm³/mol. The molecule has 0 spiro atoms. The lowest BCUT2D eigenvalue weighted by molar-refractivity contribution is 0.0162. The maximum Gasteiger partial charge on any atom is 0.251 e. The van der Waals surface area contributed by atoms with E-state index in [1.807, 2.05) is 48.7 Å². The molecule has 1 aliphatic rings. The zero-order chi connectivity index (χ0) is 22.3. The van der Waals surface area contributed by atoms with Crippen LogP contribution in [0.3, 0.4) is 0 Å². The van der Waals surface area contributed by atoms with Crippen LogP contribution in [0, 0.1) is 6.92 Å². The molecule has 1 aliphatic heterocycles. The number of ether oxygens (including phenoxy) is 2. The Kier molecular flexibility index (Phi) is 7.76. The van der Waals surface area contributed by atoms with Gasteiger partial charge >= 0.3 is 0 Å². The summed E-state index contributed by atoms with van der Waals surface area (Å²) in [6, 6.07) is 15.0. The number of aryl methyl sites for hydroxylation is 1. The van der Waals surface area contributed by atoms with E-state index in [0.29, 0.717) is 42.7 Å². The summed E-state index contributed by atoms with van der Waals surface area (Å²) < 4.78 is 11.3. The first-order valence-corrected chi connectivity index (χ1v) is 11.8. The van der Waals surface area contributed by atoms with Gasteiger partial charge in [-0.3, -0.25) is 9.69 Å². The number of aromatic nitrogens is 1. The smallest absolute Gasteiger partial charge is 0.251 e. The fourth-order valence-electron chi connectivity index (χ4n) is 3.72. The van der Waals surface area contributed by atoms with E-state index in [1.165, 1.54) is 0 Å². The lowest BCUT2D eigenvalue weighted by Gasteiger charge is -2.35. The van der Waals surface area contributed by atoms with Crippen molar-refractivity contribution in [1.29, 1.82) is 0 Å². The van der Waals surface area contributed by atoms with Crippen LogP contribution in [0.5, 0.6) is 5.75 Å². The number of benzene rings is 2. The maximum absolute atomic E-state index is 12.9. The van der Waals surface area contributed by atoms with E-state index >= 15 is 0 Å². The molecule has 0 aliphatic carbocycles. The highest BCUT2D eigenvalue weighted by Gasteiger charge is 2.25. The van der Waals surface area contributed by atoms with E-state index in [1.54, 1.807) is 23.5 Å². The number of nitrogens with zero attached hydrogens (tertiary/aromatic N) is 2. The lowest BCUT2D eigenvalue weighted by atomic mass is 10.0. The van der Waals surface area contributed by atoms with Gasteiger partial charge in [-0.25, -0.2) is 4.98 Å². The highest BCUT2D eigenvalue weighted by molar-refractivity contribution is 7.09. The summed E-state index contributed by atoms with van der Waals surface area (Å²) in [5, 5.41) is 6.76. The van der Waals surface area contributed by atoms with Gasteiger partial charge in [0.2, 0.25) is 0 Å². The van der Waals surface area contributed by atoms with Crippen molar-refractivity contribution in [3.63, 3.8) is 0 Å².